The van der Waals surface area contributed by atoms with Crippen molar-refractivity contribution >= 4 is 0 Å². The van der Waals surface area contributed by atoms with E-state index in [1.165, 1.54) is 71.1 Å². The first kappa shape index (κ1) is 19.9. The molecule has 2 rings (SSSR count). The van der Waals surface area contributed by atoms with Crippen molar-refractivity contribution in [3.8, 4) is 0 Å². The molecule has 2 saturated heterocycles. The molecule has 0 atom stereocenters. The van der Waals surface area contributed by atoms with E-state index in [4.69, 9.17) is 0 Å². The predicted octanol–water partition coefficient (Wildman–Crippen LogP) is -5.99. The van der Waals surface area contributed by atoms with Gasteiger partial charge in [0.2, 0.25) is 0 Å². The molecule has 4 heteroatoms. The highest BCUT2D eigenvalue weighted by Gasteiger charge is 2.21. The molecule has 2 N–H and O–H groups in total. The first-order valence-corrected chi connectivity index (χ1v) is 7.86. The Bertz CT molecular complexity index is 188. The lowest BCUT2D eigenvalue weighted by atomic mass is 9.87. The van der Waals surface area contributed by atoms with Crippen molar-refractivity contribution in [2.45, 2.75) is 44.9 Å². The van der Waals surface area contributed by atoms with Gasteiger partial charge in [-0.3, -0.25) is 0 Å². The minimum absolute atomic E-state index is 0. The number of hydrogen-bond donors (Lipinski definition) is 2. The molecule has 19 heavy (non-hydrogen) atoms. The standard InChI is InChI=1S/C15H30N2.2BrH/c1-16-10-6-14(7-11-16)4-3-5-15-8-12-17(2)13-9-15;;/h14-15H,3-13H2,1-2H3;2*1H. The normalized spacial score (nSPS) is 35.1. The molecule has 0 aliphatic carbocycles. The van der Waals surface area contributed by atoms with Gasteiger partial charge in [0.25, 0.3) is 0 Å². The molecule has 0 bridgehead atoms. The third-order valence-corrected chi connectivity index (χ3v) is 5.14. The summed E-state index contributed by atoms with van der Waals surface area (Å²) in [5.41, 5.74) is 0. The fourth-order valence-corrected chi connectivity index (χ4v) is 3.61. The first-order chi connectivity index (χ1) is 8.24. The minimum Gasteiger partial charge on any atom is -1.00 e. The number of likely N-dealkylation sites (tertiary alicyclic amines) is 2. The van der Waals surface area contributed by atoms with Gasteiger partial charge in [-0.1, -0.05) is 19.3 Å². The van der Waals surface area contributed by atoms with E-state index in [2.05, 4.69) is 14.1 Å². The minimum atomic E-state index is 0. The van der Waals surface area contributed by atoms with E-state index < -0.39 is 0 Å². The molecule has 2 nitrogen and oxygen atoms in total. The van der Waals surface area contributed by atoms with Crippen LogP contribution < -0.4 is 43.8 Å². The molecule has 0 radical (unpaired) electrons. The second-order valence-electron chi connectivity index (χ2n) is 6.73. The number of nitrogens with one attached hydrogen (secondary N) is 2. The summed E-state index contributed by atoms with van der Waals surface area (Å²) in [6.45, 7) is 5.68. The van der Waals surface area contributed by atoms with Crippen LogP contribution in [0.2, 0.25) is 0 Å². The van der Waals surface area contributed by atoms with Crippen molar-refractivity contribution in [3.63, 3.8) is 0 Å². The van der Waals surface area contributed by atoms with Crippen LogP contribution in [0.4, 0.5) is 0 Å². The highest BCUT2D eigenvalue weighted by Crippen LogP contribution is 2.22. The van der Waals surface area contributed by atoms with Crippen LogP contribution in [-0.4, -0.2) is 40.3 Å². The molecule has 0 aromatic heterocycles. The Balaban J connectivity index is 0.00000162. The van der Waals surface area contributed by atoms with Gasteiger partial charge in [-0.05, 0) is 37.5 Å². The maximum atomic E-state index is 2.34. The molecular formula is C15H32Br2N2. The lowest BCUT2D eigenvalue weighted by Gasteiger charge is -2.28. The Morgan fingerprint density at radius 2 is 1.00 bits per heavy atom. The highest BCUT2D eigenvalue weighted by atomic mass is 79.9. The van der Waals surface area contributed by atoms with Crippen molar-refractivity contribution in [1.29, 1.82) is 0 Å². The average molecular weight is 400 g/mol. The smallest absolute Gasteiger partial charge is 0.0771 e. The lowest BCUT2D eigenvalue weighted by Crippen LogP contribution is -3.10. The zero-order valence-electron chi connectivity index (χ0n) is 12.7. The van der Waals surface area contributed by atoms with Gasteiger partial charge in [-0.2, -0.15) is 0 Å². The summed E-state index contributed by atoms with van der Waals surface area (Å²) < 4.78 is 0. The van der Waals surface area contributed by atoms with Crippen LogP contribution in [0.5, 0.6) is 0 Å². The Labute approximate surface area is 140 Å². The largest absolute Gasteiger partial charge is 1.00 e. The molecule has 0 unspecified atom stereocenters. The zero-order chi connectivity index (χ0) is 12.1. The van der Waals surface area contributed by atoms with Crippen molar-refractivity contribution in [2.24, 2.45) is 11.8 Å². The van der Waals surface area contributed by atoms with Crippen molar-refractivity contribution in [3.05, 3.63) is 0 Å². The molecule has 0 amide bonds. The van der Waals surface area contributed by atoms with Crippen LogP contribution in [0, 0.1) is 11.8 Å². The van der Waals surface area contributed by atoms with E-state index >= 15 is 0 Å². The molecule has 0 aromatic carbocycles. The number of halogens is 2. The number of quaternary nitrogens is 2. The van der Waals surface area contributed by atoms with E-state index in [1.54, 1.807) is 9.80 Å². The first-order valence-electron chi connectivity index (χ1n) is 7.86. The van der Waals surface area contributed by atoms with Gasteiger partial charge < -0.3 is 43.8 Å². The molecular weight excluding hydrogens is 368 g/mol. The van der Waals surface area contributed by atoms with Gasteiger partial charge in [-0.25, -0.2) is 0 Å². The van der Waals surface area contributed by atoms with Gasteiger partial charge in [0.05, 0.1) is 40.3 Å². The quantitative estimate of drug-likeness (QED) is 0.465. The summed E-state index contributed by atoms with van der Waals surface area (Å²) in [4.78, 5) is 3.50. The maximum Gasteiger partial charge on any atom is 0.0771 e. The topological polar surface area (TPSA) is 8.88 Å². The number of piperidine rings is 2. The summed E-state index contributed by atoms with van der Waals surface area (Å²) in [5, 5.41) is 0. The van der Waals surface area contributed by atoms with E-state index in [-0.39, 0.29) is 34.0 Å². The van der Waals surface area contributed by atoms with E-state index in [0.717, 1.165) is 11.8 Å². The fourth-order valence-electron chi connectivity index (χ4n) is 3.61. The summed E-state index contributed by atoms with van der Waals surface area (Å²) in [5.74, 6) is 2.13. The maximum absolute atomic E-state index is 2.34. The van der Waals surface area contributed by atoms with Crippen LogP contribution in [0.3, 0.4) is 0 Å². The average Bonchev–Trinajstić information content (AvgIpc) is 2.34. The fraction of sp³-hybridized carbons (Fsp3) is 1.00. The predicted molar refractivity (Wildman–Crippen MR) is 72.5 cm³/mol. The highest BCUT2D eigenvalue weighted by molar-refractivity contribution is 4.66. The Morgan fingerprint density at radius 3 is 1.32 bits per heavy atom. The monoisotopic (exact) mass is 398 g/mol. The van der Waals surface area contributed by atoms with Gasteiger partial charge in [0.15, 0.2) is 0 Å². The molecule has 2 aliphatic heterocycles. The zero-order valence-corrected chi connectivity index (χ0v) is 15.9. The van der Waals surface area contributed by atoms with Crippen LogP contribution in [0.15, 0.2) is 0 Å². The number of rotatable bonds is 4. The van der Waals surface area contributed by atoms with Crippen molar-refractivity contribution < 1.29 is 43.8 Å². The molecule has 116 valence electrons. The molecule has 0 spiro atoms. The Morgan fingerprint density at radius 1 is 0.684 bits per heavy atom. The van der Waals surface area contributed by atoms with Crippen LogP contribution in [0.25, 0.3) is 0 Å². The molecule has 2 heterocycles. The van der Waals surface area contributed by atoms with Gasteiger partial charge in [0.1, 0.15) is 0 Å². The number of hydrogen-bond acceptors (Lipinski definition) is 0. The van der Waals surface area contributed by atoms with Crippen LogP contribution in [0.1, 0.15) is 44.9 Å². The van der Waals surface area contributed by atoms with E-state index in [9.17, 15) is 0 Å². The molecule has 2 aliphatic rings. The van der Waals surface area contributed by atoms with Gasteiger partial charge >= 0.3 is 0 Å². The third kappa shape index (κ3) is 7.45. The van der Waals surface area contributed by atoms with E-state index in [0.29, 0.717) is 0 Å². The second kappa shape index (κ2) is 10.6. The second-order valence-corrected chi connectivity index (χ2v) is 6.73. The Kier molecular flexibility index (Phi) is 11.1. The summed E-state index contributed by atoms with van der Waals surface area (Å²) in [7, 11) is 4.69. The SMILES string of the molecule is C[NH+]1CCC(CCCC2CC[NH+](C)CC2)CC1.[Br-].[Br-]. The van der Waals surface area contributed by atoms with Crippen LogP contribution >= 0.6 is 0 Å². The molecule has 0 saturated carbocycles. The molecule has 0 aromatic rings. The van der Waals surface area contributed by atoms with Crippen LogP contribution in [-0.2, 0) is 0 Å². The van der Waals surface area contributed by atoms with Gasteiger partial charge in [0, 0.05) is 0 Å². The lowest BCUT2D eigenvalue weighted by molar-refractivity contribution is -0.886. The third-order valence-electron chi connectivity index (χ3n) is 5.14. The van der Waals surface area contributed by atoms with E-state index in [1.807, 2.05) is 0 Å². The van der Waals surface area contributed by atoms with Crippen molar-refractivity contribution in [1.82, 2.24) is 0 Å². The summed E-state index contributed by atoms with van der Waals surface area (Å²) >= 11 is 0. The van der Waals surface area contributed by atoms with Gasteiger partial charge in [-0.15, -0.1) is 0 Å². The summed E-state index contributed by atoms with van der Waals surface area (Å²) in [6.07, 6.45) is 10.5. The molecule has 2 fully saturated rings. The summed E-state index contributed by atoms with van der Waals surface area (Å²) in [6, 6.07) is 0. The Hall–Kier alpha value is 0.880. The van der Waals surface area contributed by atoms with Crippen molar-refractivity contribution in [2.75, 3.05) is 40.3 Å².